The molecule has 0 fully saturated rings. The zero-order valence-electron chi connectivity index (χ0n) is 13.0. The Morgan fingerprint density at radius 3 is 2.58 bits per heavy atom. The van der Waals surface area contributed by atoms with Crippen molar-refractivity contribution in [2.75, 3.05) is 0 Å². The maximum absolute atomic E-state index is 4.26. The molecule has 102 valence electrons. The summed E-state index contributed by atoms with van der Waals surface area (Å²) in [5, 5.41) is 0. The summed E-state index contributed by atoms with van der Waals surface area (Å²) in [4.78, 5) is 0. The first-order chi connectivity index (χ1) is 8.87. The molecule has 0 heterocycles. The van der Waals surface area contributed by atoms with Crippen LogP contribution in [0.3, 0.4) is 0 Å². The highest BCUT2D eigenvalue weighted by atomic mass is 14.3. The van der Waals surface area contributed by atoms with Crippen LogP contribution in [0.15, 0.2) is 71.4 Å². The van der Waals surface area contributed by atoms with E-state index in [2.05, 4.69) is 83.7 Å². The molecular weight excluding hydrogens is 228 g/mol. The molecule has 0 spiro atoms. The van der Waals surface area contributed by atoms with Gasteiger partial charge in [0.2, 0.25) is 0 Å². The molecule has 0 N–H and O–H groups in total. The van der Waals surface area contributed by atoms with Crippen molar-refractivity contribution in [3.8, 4) is 0 Å². The molecule has 0 aliphatic heterocycles. The summed E-state index contributed by atoms with van der Waals surface area (Å²) in [6, 6.07) is 0. The molecule has 0 aromatic carbocycles. The first kappa shape index (κ1) is 15.5. The van der Waals surface area contributed by atoms with Crippen LogP contribution < -0.4 is 0 Å². The molecule has 0 aromatic heterocycles. The highest BCUT2D eigenvalue weighted by Gasteiger charge is 2.24. The van der Waals surface area contributed by atoms with E-state index in [9.17, 15) is 0 Å². The third-order valence-electron chi connectivity index (χ3n) is 3.87. The Balaban J connectivity index is 2.95. The molecule has 0 radical (unpaired) electrons. The molecule has 0 amide bonds. The zero-order chi connectivity index (χ0) is 14.5. The summed E-state index contributed by atoms with van der Waals surface area (Å²) in [5.74, 6) is 0. The third kappa shape index (κ3) is 4.24. The van der Waals surface area contributed by atoms with Crippen LogP contribution in [-0.2, 0) is 0 Å². The summed E-state index contributed by atoms with van der Waals surface area (Å²) in [7, 11) is 0. The van der Waals surface area contributed by atoms with E-state index in [1.54, 1.807) is 0 Å². The van der Waals surface area contributed by atoms with Gasteiger partial charge in [0, 0.05) is 5.41 Å². The summed E-state index contributed by atoms with van der Waals surface area (Å²) >= 11 is 0. The first-order valence-electron chi connectivity index (χ1n) is 6.92. The highest BCUT2D eigenvalue weighted by molar-refractivity contribution is 5.40. The fourth-order valence-electron chi connectivity index (χ4n) is 1.93. The van der Waals surface area contributed by atoms with Crippen LogP contribution in [0.5, 0.6) is 0 Å². The molecule has 0 atom stereocenters. The van der Waals surface area contributed by atoms with E-state index in [1.165, 1.54) is 16.7 Å². The van der Waals surface area contributed by atoms with Gasteiger partial charge >= 0.3 is 0 Å². The summed E-state index contributed by atoms with van der Waals surface area (Å²) in [6.07, 6.45) is 16.2. The standard InChI is InChI=1S/C19H26/c1-7-15(2)11-13-17(4)19(5,6)18-10-8-9-16(3)12-14-18/h7-9,11-14H,4,10H2,1-3,5-6H3/b13-11-,15-7-. The van der Waals surface area contributed by atoms with E-state index < -0.39 is 0 Å². The fraction of sp³-hybridized carbons (Fsp3) is 0.368. The molecule has 0 unspecified atom stereocenters. The summed E-state index contributed by atoms with van der Waals surface area (Å²) in [6.45, 7) is 15.1. The smallest absolute Gasteiger partial charge is 0.0105 e. The van der Waals surface area contributed by atoms with Crippen molar-refractivity contribution in [1.82, 2.24) is 0 Å². The Hall–Kier alpha value is -1.56. The van der Waals surface area contributed by atoms with Gasteiger partial charge in [0.25, 0.3) is 0 Å². The van der Waals surface area contributed by atoms with Crippen LogP contribution in [-0.4, -0.2) is 0 Å². The minimum atomic E-state index is -0.00399. The number of allylic oxidation sites excluding steroid dienone is 11. The van der Waals surface area contributed by atoms with Crippen LogP contribution in [0.25, 0.3) is 0 Å². The molecule has 0 heteroatoms. The van der Waals surface area contributed by atoms with Crippen molar-refractivity contribution in [2.45, 2.75) is 41.0 Å². The van der Waals surface area contributed by atoms with Gasteiger partial charge in [-0.25, -0.2) is 0 Å². The van der Waals surface area contributed by atoms with Crippen LogP contribution in [0.4, 0.5) is 0 Å². The average Bonchev–Trinajstić information content (AvgIpc) is 2.60. The van der Waals surface area contributed by atoms with Gasteiger partial charge < -0.3 is 0 Å². The van der Waals surface area contributed by atoms with E-state index in [-0.39, 0.29) is 5.41 Å². The van der Waals surface area contributed by atoms with E-state index in [1.807, 2.05) is 0 Å². The number of hydrogen-bond acceptors (Lipinski definition) is 0. The van der Waals surface area contributed by atoms with Gasteiger partial charge in [-0.05, 0) is 32.8 Å². The molecule has 0 aromatic rings. The average molecular weight is 254 g/mol. The SMILES string of the molecule is C=C(/C=C\C(C)=C/C)C(C)(C)C1=CC=C(C)C=CC1. The quantitative estimate of drug-likeness (QED) is 0.546. The normalized spacial score (nSPS) is 17.2. The lowest BCUT2D eigenvalue weighted by atomic mass is 9.76. The van der Waals surface area contributed by atoms with Crippen molar-refractivity contribution in [3.05, 3.63) is 71.4 Å². The molecule has 19 heavy (non-hydrogen) atoms. The predicted octanol–water partition coefficient (Wildman–Crippen LogP) is 5.92. The van der Waals surface area contributed by atoms with Crippen molar-refractivity contribution >= 4 is 0 Å². The van der Waals surface area contributed by atoms with Gasteiger partial charge in [-0.2, -0.15) is 0 Å². The maximum Gasteiger partial charge on any atom is 0.0105 e. The Labute approximate surface area is 118 Å². The Bertz CT molecular complexity index is 488. The highest BCUT2D eigenvalue weighted by Crippen LogP contribution is 2.37. The lowest BCUT2D eigenvalue weighted by Gasteiger charge is -2.28. The molecule has 1 aliphatic carbocycles. The van der Waals surface area contributed by atoms with E-state index in [0.29, 0.717) is 0 Å². The molecule has 0 saturated carbocycles. The second-order valence-electron chi connectivity index (χ2n) is 5.73. The monoisotopic (exact) mass is 254 g/mol. The van der Waals surface area contributed by atoms with Crippen molar-refractivity contribution in [2.24, 2.45) is 5.41 Å². The zero-order valence-corrected chi connectivity index (χ0v) is 13.0. The van der Waals surface area contributed by atoms with Gasteiger partial charge in [-0.1, -0.05) is 79.7 Å². The van der Waals surface area contributed by atoms with Gasteiger partial charge in [0.15, 0.2) is 0 Å². The van der Waals surface area contributed by atoms with E-state index >= 15 is 0 Å². The second-order valence-corrected chi connectivity index (χ2v) is 5.73. The summed E-state index contributed by atoms with van der Waals surface area (Å²) in [5.41, 5.74) is 5.13. The van der Waals surface area contributed by atoms with Gasteiger partial charge in [-0.3, -0.25) is 0 Å². The van der Waals surface area contributed by atoms with E-state index in [0.717, 1.165) is 12.0 Å². The second kappa shape index (κ2) is 6.56. The number of hydrogen-bond donors (Lipinski definition) is 0. The van der Waals surface area contributed by atoms with Crippen molar-refractivity contribution in [3.63, 3.8) is 0 Å². The van der Waals surface area contributed by atoms with Crippen LogP contribution in [0, 0.1) is 5.41 Å². The van der Waals surface area contributed by atoms with Gasteiger partial charge in [-0.15, -0.1) is 0 Å². The molecule has 0 bridgehead atoms. The van der Waals surface area contributed by atoms with Gasteiger partial charge in [0.1, 0.15) is 0 Å². The van der Waals surface area contributed by atoms with Crippen LogP contribution in [0.2, 0.25) is 0 Å². The lowest BCUT2D eigenvalue weighted by Crippen LogP contribution is -2.16. The maximum atomic E-state index is 4.26. The Kier molecular flexibility index (Phi) is 5.35. The van der Waals surface area contributed by atoms with Gasteiger partial charge in [0.05, 0.1) is 0 Å². The molecule has 1 aliphatic rings. The molecular formula is C19H26. The largest absolute Gasteiger partial charge is 0.0950 e. The fourth-order valence-corrected chi connectivity index (χ4v) is 1.93. The minimum absolute atomic E-state index is 0.00399. The van der Waals surface area contributed by atoms with Crippen molar-refractivity contribution < 1.29 is 0 Å². The van der Waals surface area contributed by atoms with E-state index in [4.69, 9.17) is 0 Å². The third-order valence-corrected chi connectivity index (χ3v) is 3.87. The minimum Gasteiger partial charge on any atom is -0.0950 e. The Morgan fingerprint density at radius 1 is 1.26 bits per heavy atom. The first-order valence-corrected chi connectivity index (χ1v) is 6.92. The lowest BCUT2D eigenvalue weighted by molar-refractivity contribution is 0.542. The van der Waals surface area contributed by atoms with Crippen LogP contribution in [0.1, 0.15) is 41.0 Å². The van der Waals surface area contributed by atoms with Crippen LogP contribution >= 0.6 is 0 Å². The number of rotatable bonds is 4. The molecule has 0 saturated heterocycles. The Morgan fingerprint density at radius 2 is 1.95 bits per heavy atom. The molecule has 1 rings (SSSR count). The summed E-state index contributed by atoms with van der Waals surface area (Å²) < 4.78 is 0. The topological polar surface area (TPSA) is 0 Å². The predicted molar refractivity (Wildman–Crippen MR) is 87.1 cm³/mol. The molecule has 0 nitrogen and oxygen atoms in total. The van der Waals surface area contributed by atoms with Crippen molar-refractivity contribution in [1.29, 1.82) is 0 Å².